The first kappa shape index (κ1) is 15.3. The maximum absolute atomic E-state index is 11.0. The van der Waals surface area contributed by atoms with Gasteiger partial charge >= 0.3 is 0 Å². The number of thiocarbonyl (C=S) groups is 1. The Labute approximate surface area is 133 Å². The number of anilines is 3. The van der Waals surface area contributed by atoms with Gasteiger partial charge in [0.2, 0.25) is 5.91 Å². The van der Waals surface area contributed by atoms with Crippen molar-refractivity contribution < 1.29 is 4.79 Å². The van der Waals surface area contributed by atoms with E-state index in [1.165, 1.54) is 6.92 Å². The molecule has 1 amide bonds. The summed E-state index contributed by atoms with van der Waals surface area (Å²) in [5.74, 6) is -0.101. The van der Waals surface area contributed by atoms with Crippen molar-refractivity contribution in [2.24, 2.45) is 5.73 Å². The van der Waals surface area contributed by atoms with E-state index in [0.717, 1.165) is 17.1 Å². The predicted molar refractivity (Wildman–Crippen MR) is 91.4 cm³/mol. The van der Waals surface area contributed by atoms with Crippen LogP contribution in [0.4, 0.5) is 17.1 Å². The fourth-order valence-electron chi connectivity index (χ4n) is 1.80. The molecule has 0 saturated carbocycles. The van der Waals surface area contributed by atoms with Crippen LogP contribution in [0, 0.1) is 0 Å². The summed E-state index contributed by atoms with van der Waals surface area (Å²) in [7, 11) is 0. The average molecular weight is 320 g/mol. The molecule has 2 rings (SSSR count). The van der Waals surface area contributed by atoms with Crippen molar-refractivity contribution in [1.29, 1.82) is 0 Å². The molecule has 0 aliphatic heterocycles. The Morgan fingerprint density at radius 3 is 2.19 bits per heavy atom. The van der Waals surface area contributed by atoms with Gasteiger partial charge in [-0.1, -0.05) is 23.8 Å². The first-order valence-electron chi connectivity index (χ1n) is 6.20. The van der Waals surface area contributed by atoms with Crippen LogP contribution in [-0.2, 0) is 4.79 Å². The van der Waals surface area contributed by atoms with Gasteiger partial charge in [0.05, 0.1) is 5.02 Å². The SMILES string of the molecule is CC(=O)Nc1ccc(Nc2ccc(C(N)=S)c(Cl)c2)cc1. The molecular weight excluding hydrogens is 306 g/mol. The molecule has 0 atom stereocenters. The molecule has 0 unspecified atom stereocenters. The zero-order chi connectivity index (χ0) is 15.4. The molecule has 0 aliphatic carbocycles. The minimum atomic E-state index is -0.101. The topological polar surface area (TPSA) is 67.2 Å². The van der Waals surface area contributed by atoms with E-state index in [1.807, 2.05) is 30.3 Å². The molecule has 0 bridgehead atoms. The highest BCUT2D eigenvalue weighted by Gasteiger charge is 2.04. The molecule has 0 heterocycles. The second kappa shape index (κ2) is 6.56. The highest BCUT2D eigenvalue weighted by atomic mass is 35.5. The summed E-state index contributed by atoms with van der Waals surface area (Å²) in [5.41, 5.74) is 8.67. The van der Waals surface area contributed by atoms with Gasteiger partial charge < -0.3 is 16.4 Å². The molecule has 0 fully saturated rings. The minimum absolute atomic E-state index is 0.101. The number of nitrogens with two attached hydrogens (primary N) is 1. The van der Waals surface area contributed by atoms with E-state index >= 15 is 0 Å². The van der Waals surface area contributed by atoms with Crippen molar-refractivity contribution >= 4 is 51.8 Å². The van der Waals surface area contributed by atoms with Crippen molar-refractivity contribution in [1.82, 2.24) is 0 Å². The van der Waals surface area contributed by atoms with E-state index in [0.29, 0.717) is 10.6 Å². The van der Waals surface area contributed by atoms with Gasteiger partial charge in [0, 0.05) is 29.5 Å². The molecule has 6 heteroatoms. The lowest BCUT2D eigenvalue weighted by molar-refractivity contribution is -0.114. The summed E-state index contributed by atoms with van der Waals surface area (Å²) < 4.78 is 0. The molecule has 4 nitrogen and oxygen atoms in total. The van der Waals surface area contributed by atoms with Crippen LogP contribution in [-0.4, -0.2) is 10.9 Å². The van der Waals surface area contributed by atoms with Crippen LogP contribution in [0.2, 0.25) is 5.02 Å². The quantitative estimate of drug-likeness (QED) is 0.752. The smallest absolute Gasteiger partial charge is 0.221 e. The summed E-state index contributed by atoms with van der Waals surface area (Å²) in [6, 6.07) is 12.7. The monoisotopic (exact) mass is 319 g/mol. The number of hydrogen-bond donors (Lipinski definition) is 3. The average Bonchev–Trinajstić information content (AvgIpc) is 2.40. The van der Waals surface area contributed by atoms with Crippen LogP contribution < -0.4 is 16.4 Å². The largest absolute Gasteiger partial charge is 0.389 e. The van der Waals surface area contributed by atoms with Gasteiger partial charge in [0.25, 0.3) is 0 Å². The molecule has 2 aromatic rings. The number of carbonyl (C=O) groups excluding carboxylic acids is 1. The summed E-state index contributed by atoms with van der Waals surface area (Å²) in [6.07, 6.45) is 0. The van der Waals surface area contributed by atoms with Crippen molar-refractivity contribution in [2.75, 3.05) is 10.6 Å². The Balaban J connectivity index is 2.13. The summed E-state index contributed by atoms with van der Waals surface area (Å²) >= 11 is 11.0. The van der Waals surface area contributed by atoms with Gasteiger partial charge in [0.15, 0.2) is 0 Å². The third kappa shape index (κ3) is 4.18. The number of amides is 1. The second-order valence-electron chi connectivity index (χ2n) is 4.44. The van der Waals surface area contributed by atoms with Crippen LogP contribution in [0.1, 0.15) is 12.5 Å². The number of hydrogen-bond acceptors (Lipinski definition) is 3. The zero-order valence-corrected chi connectivity index (χ0v) is 12.9. The van der Waals surface area contributed by atoms with Gasteiger partial charge in [-0.05, 0) is 42.5 Å². The number of halogens is 1. The third-order valence-corrected chi connectivity index (χ3v) is 3.26. The Morgan fingerprint density at radius 2 is 1.67 bits per heavy atom. The van der Waals surface area contributed by atoms with E-state index in [1.54, 1.807) is 12.1 Å². The standard InChI is InChI=1S/C15H14ClN3OS/c1-9(20)18-10-2-4-11(5-3-10)19-12-6-7-13(15(17)21)14(16)8-12/h2-8,19H,1H3,(H2,17,21)(H,18,20). The predicted octanol–water partition coefficient (Wildman–Crippen LogP) is 3.68. The maximum atomic E-state index is 11.0. The number of rotatable bonds is 4. The second-order valence-corrected chi connectivity index (χ2v) is 5.29. The summed E-state index contributed by atoms with van der Waals surface area (Å²) in [5, 5.41) is 6.42. The van der Waals surface area contributed by atoms with E-state index < -0.39 is 0 Å². The highest BCUT2D eigenvalue weighted by Crippen LogP contribution is 2.24. The van der Waals surface area contributed by atoms with Gasteiger partial charge in [-0.3, -0.25) is 4.79 Å². The molecule has 0 radical (unpaired) electrons. The summed E-state index contributed by atoms with van der Waals surface area (Å²) in [6.45, 7) is 1.47. The van der Waals surface area contributed by atoms with Gasteiger partial charge in [0.1, 0.15) is 4.99 Å². The first-order chi connectivity index (χ1) is 9.95. The molecule has 4 N–H and O–H groups in total. The highest BCUT2D eigenvalue weighted by molar-refractivity contribution is 7.80. The van der Waals surface area contributed by atoms with Gasteiger partial charge in [-0.25, -0.2) is 0 Å². The Hall–Kier alpha value is -2.11. The first-order valence-corrected chi connectivity index (χ1v) is 6.98. The number of nitrogens with one attached hydrogen (secondary N) is 2. The Kier molecular flexibility index (Phi) is 4.77. The van der Waals surface area contributed by atoms with Crippen LogP contribution >= 0.6 is 23.8 Å². The van der Waals surface area contributed by atoms with Crippen molar-refractivity contribution in [2.45, 2.75) is 6.92 Å². The van der Waals surface area contributed by atoms with Gasteiger partial charge in [-0.15, -0.1) is 0 Å². The molecule has 0 aliphatic rings. The fourth-order valence-corrected chi connectivity index (χ4v) is 2.32. The van der Waals surface area contributed by atoms with E-state index in [-0.39, 0.29) is 10.9 Å². The lowest BCUT2D eigenvalue weighted by atomic mass is 10.2. The maximum Gasteiger partial charge on any atom is 0.221 e. The zero-order valence-electron chi connectivity index (χ0n) is 11.3. The van der Waals surface area contributed by atoms with E-state index in [9.17, 15) is 4.79 Å². The Bertz CT molecular complexity index is 686. The van der Waals surface area contributed by atoms with Crippen LogP contribution in [0.25, 0.3) is 0 Å². The van der Waals surface area contributed by atoms with Crippen molar-refractivity contribution in [3.8, 4) is 0 Å². The molecular formula is C15H14ClN3OS. The van der Waals surface area contributed by atoms with Crippen LogP contribution in [0.3, 0.4) is 0 Å². The molecule has 0 saturated heterocycles. The molecule has 0 aromatic heterocycles. The van der Waals surface area contributed by atoms with Crippen LogP contribution in [0.15, 0.2) is 42.5 Å². The third-order valence-electron chi connectivity index (χ3n) is 2.73. The number of carbonyl (C=O) groups is 1. The van der Waals surface area contributed by atoms with Gasteiger partial charge in [-0.2, -0.15) is 0 Å². The van der Waals surface area contributed by atoms with Crippen molar-refractivity contribution in [3.63, 3.8) is 0 Å². The fraction of sp³-hybridized carbons (Fsp3) is 0.0667. The Morgan fingerprint density at radius 1 is 1.10 bits per heavy atom. The lowest BCUT2D eigenvalue weighted by Crippen LogP contribution is -2.09. The molecule has 0 spiro atoms. The normalized spacial score (nSPS) is 10.0. The van der Waals surface area contributed by atoms with Crippen LogP contribution in [0.5, 0.6) is 0 Å². The number of benzene rings is 2. The lowest BCUT2D eigenvalue weighted by Gasteiger charge is -2.10. The molecule has 2 aromatic carbocycles. The molecule has 108 valence electrons. The van der Waals surface area contributed by atoms with Crippen molar-refractivity contribution in [3.05, 3.63) is 53.1 Å². The van der Waals surface area contributed by atoms with E-state index in [4.69, 9.17) is 29.6 Å². The summed E-state index contributed by atoms with van der Waals surface area (Å²) in [4.78, 5) is 11.2. The van der Waals surface area contributed by atoms with E-state index in [2.05, 4.69) is 10.6 Å². The minimum Gasteiger partial charge on any atom is -0.389 e. The molecule has 21 heavy (non-hydrogen) atoms.